The molecule has 3 amide bonds. The highest BCUT2D eigenvalue weighted by atomic mass is 32.2. The fraction of sp³-hybridized carbons (Fsp3) is 0.389. The Hall–Kier alpha value is -2.68. The second-order valence-electron chi connectivity index (χ2n) is 6.89. The standard InChI is InChI=1S/C18H24N6O2S/c1-6-11-24-14(13-7-9-19-10-8-13)22-23-17(24)27-12(2)15(25)20-16(26)21-18(3,4)5/h6-10,12H,1,11H2,2-5H3,(H2,20,21,25,26)/t12-/m0/s1. The Balaban J connectivity index is 2.12. The summed E-state index contributed by atoms with van der Waals surface area (Å²) in [7, 11) is 0. The van der Waals surface area contributed by atoms with Crippen LogP contribution in [0.15, 0.2) is 42.3 Å². The van der Waals surface area contributed by atoms with E-state index in [1.807, 2.05) is 37.5 Å². The number of rotatable bonds is 6. The minimum absolute atomic E-state index is 0.402. The number of carbonyl (C=O) groups excluding carboxylic acids is 2. The second-order valence-corrected chi connectivity index (χ2v) is 8.20. The Morgan fingerprint density at radius 3 is 2.56 bits per heavy atom. The zero-order chi connectivity index (χ0) is 20.0. The van der Waals surface area contributed by atoms with Crippen LogP contribution in [0.2, 0.25) is 0 Å². The summed E-state index contributed by atoms with van der Waals surface area (Å²) in [5.41, 5.74) is 0.442. The van der Waals surface area contributed by atoms with Crippen molar-refractivity contribution in [1.29, 1.82) is 0 Å². The number of imide groups is 1. The number of nitrogens with zero attached hydrogens (tertiary/aromatic N) is 4. The van der Waals surface area contributed by atoms with Crippen LogP contribution < -0.4 is 10.6 Å². The van der Waals surface area contributed by atoms with E-state index in [4.69, 9.17) is 0 Å². The average molecular weight is 388 g/mol. The van der Waals surface area contributed by atoms with E-state index in [-0.39, 0.29) is 0 Å². The molecule has 0 saturated carbocycles. The summed E-state index contributed by atoms with van der Waals surface area (Å²) in [5.74, 6) is 0.262. The number of allylic oxidation sites excluding steroid dienone is 1. The number of hydrogen-bond donors (Lipinski definition) is 2. The van der Waals surface area contributed by atoms with E-state index in [9.17, 15) is 9.59 Å². The summed E-state index contributed by atoms with van der Waals surface area (Å²) in [5, 5.41) is 13.5. The Morgan fingerprint density at radius 1 is 1.30 bits per heavy atom. The summed E-state index contributed by atoms with van der Waals surface area (Å²) in [6, 6.07) is 3.15. The van der Waals surface area contributed by atoms with E-state index in [1.165, 1.54) is 11.8 Å². The summed E-state index contributed by atoms with van der Waals surface area (Å²) in [6.45, 7) is 11.5. The molecular formula is C18H24N6O2S. The fourth-order valence-electron chi connectivity index (χ4n) is 2.18. The van der Waals surface area contributed by atoms with Gasteiger partial charge in [0.25, 0.3) is 0 Å². The lowest BCUT2D eigenvalue weighted by Crippen LogP contribution is -2.49. The summed E-state index contributed by atoms with van der Waals surface area (Å²) in [4.78, 5) is 28.2. The molecule has 144 valence electrons. The molecule has 2 heterocycles. The molecule has 2 aromatic heterocycles. The number of amides is 3. The number of aromatic nitrogens is 4. The van der Waals surface area contributed by atoms with Crippen LogP contribution in [0.1, 0.15) is 27.7 Å². The Morgan fingerprint density at radius 2 is 1.96 bits per heavy atom. The first kappa shape index (κ1) is 20.6. The van der Waals surface area contributed by atoms with Crippen molar-refractivity contribution in [3.63, 3.8) is 0 Å². The molecule has 0 aromatic carbocycles. The molecule has 2 N–H and O–H groups in total. The van der Waals surface area contributed by atoms with Crippen molar-refractivity contribution in [3.8, 4) is 11.4 Å². The van der Waals surface area contributed by atoms with Gasteiger partial charge in [0.2, 0.25) is 5.91 Å². The van der Waals surface area contributed by atoms with Gasteiger partial charge in [-0.1, -0.05) is 17.8 Å². The highest BCUT2D eigenvalue weighted by Gasteiger charge is 2.23. The van der Waals surface area contributed by atoms with E-state index in [2.05, 4.69) is 32.4 Å². The zero-order valence-corrected chi connectivity index (χ0v) is 16.7. The Labute approximate surface area is 162 Å². The first-order valence-electron chi connectivity index (χ1n) is 8.45. The highest BCUT2D eigenvalue weighted by molar-refractivity contribution is 8.00. The number of thioether (sulfide) groups is 1. The lowest BCUT2D eigenvalue weighted by atomic mass is 10.1. The number of urea groups is 1. The Bertz CT molecular complexity index is 813. The molecule has 0 fully saturated rings. The van der Waals surface area contributed by atoms with Gasteiger partial charge >= 0.3 is 6.03 Å². The van der Waals surface area contributed by atoms with Crippen molar-refractivity contribution in [2.75, 3.05) is 0 Å². The minimum atomic E-state index is -0.534. The lowest BCUT2D eigenvalue weighted by molar-refractivity contribution is -0.119. The van der Waals surface area contributed by atoms with Crippen molar-refractivity contribution in [3.05, 3.63) is 37.2 Å². The van der Waals surface area contributed by atoms with Crippen LogP contribution in [-0.4, -0.2) is 42.5 Å². The van der Waals surface area contributed by atoms with E-state index < -0.39 is 22.7 Å². The molecule has 9 heteroatoms. The van der Waals surface area contributed by atoms with Crippen molar-refractivity contribution in [2.24, 2.45) is 0 Å². The van der Waals surface area contributed by atoms with Gasteiger partial charge < -0.3 is 5.32 Å². The molecule has 2 aromatic rings. The molecule has 0 spiro atoms. The smallest absolute Gasteiger partial charge is 0.321 e. The van der Waals surface area contributed by atoms with Crippen LogP contribution in [0.3, 0.4) is 0 Å². The average Bonchev–Trinajstić information content (AvgIpc) is 2.96. The van der Waals surface area contributed by atoms with Crippen molar-refractivity contribution in [1.82, 2.24) is 30.4 Å². The minimum Gasteiger partial charge on any atom is -0.333 e. The zero-order valence-electron chi connectivity index (χ0n) is 15.9. The van der Waals surface area contributed by atoms with E-state index in [0.717, 1.165) is 5.56 Å². The number of hydrogen-bond acceptors (Lipinski definition) is 6. The quantitative estimate of drug-likeness (QED) is 0.583. The van der Waals surface area contributed by atoms with Crippen LogP contribution in [0, 0.1) is 0 Å². The van der Waals surface area contributed by atoms with Crippen molar-refractivity contribution in [2.45, 2.75) is 50.2 Å². The van der Waals surface area contributed by atoms with Gasteiger partial charge in [-0.15, -0.1) is 16.8 Å². The molecule has 2 rings (SSSR count). The van der Waals surface area contributed by atoms with Crippen LogP contribution in [0.25, 0.3) is 11.4 Å². The van der Waals surface area contributed by atoms with Gasteiger partial charge in [-0.05, 0) is 39.8 Å². The molecule has 0 aliphatic carbocycles. The van der Waals surface area contributed by atoms with Gasteiger partial charge in [-0.25, -0.2) is 4.79 Å². The predicted octanol–water partition coefficient (Wildman–Crippen LogP) is 2.63. The van der Waals surface area contributed by atoms with Crippen LogP contribution in [0.5, 0.6) is 0 Å². The van der Waals surface area contributed by atoms with Crippen molar-refractivity contribution < 1.29 is 9.59 Å². The first-order chi connectivity index (χ1) is 12.7. The van der Waals surface area contributed by atoms with Crippen molar-refractivity contribution >= 4 is 23.7 Å². The lowest BCUT2D eigenvalue weighted by Gasteiger charge is -2.21. The molecule has 27 heavy (non-hydrogen) atoms. The van der Waals surface area contributed by atoms with Crippen LogP contribution in [0.4, 0.5) is 4.79 Å². The molecule has 8 nitrogen and oxygen atoms in total. The SMILES string of the molecule is C=CCn1c(S[C@@H](C)C(=O)NC(=O)NC(C)(C)C)nnc1-c1ccncc1. The predicted molar refractivity (Wildman–Crippen MR) is 105 cm³/mol. The normalized spacial score (nSPS) is 12.3. The molecule has 1 atom stereocenters. The van der Waals surface area contributed by atoms with Gasteiger partial charge in [0.15, 0.2) is 11.0 Å². The van der Waals surface area contributed by atoms with Gasteiger partial charge in [0.05, 0.1) is 5.25 Å². The largest absolute Gasteiger partial charge is 0.333 e. The summed E-state index contributed by atoms with van der Waals surface area (Å²) >= 11 is 1.23. The molecular weight excluding hydrogens is 364 g/mol. The van der Waals surface area contributed by atoms with E-state index in [0.29, 0.717) is 17.5 Å². The maximum Gasteiger partial charge on any atom is 0.321 e. The second kappa shape index (κ2) is 8.81. The molecule has 0 saturated heterocycles. The molecule has 0 aliphatic rings. The number of nitrogens with one attached hydrogen (secondary N) is 2. The maximum absolute atomic E-state index is 12.3. The third-order valence-corrected chi connectivity index (χ3v) is 4.42. The highest BCUT2D eigenvalue weighted by Crippen LogP contribution is 2.26. The van der Waals surface area contributed by atoms with Gasteiger partial charge in [0, 0.05) is 30.0 Å². The molecule has 0 unspecified atom stereocenters. The van der Waals surface area contributed by atoms with Gasteiger partial charge in [0.1, 0.15) is 0 Å². The Kier molecular flexibility index (Phi) is 6.73. The van der Waals surface area contributed by atoms with E-state index in [1.54, 1.807) is 25.4 Å². The molecule has 0 radical (unpaired) electrons. The number of carbonyl (C=O) groups is 2. The van der Waals surface area contributed by atoms with Gasteiger partial charge in [-0.2, -0.15) is 0 Å². The van der Waals surface area contributed by atoms with Crippen LogP contribution >= 0.6 is 11.8 Å². The summed E-state index contributed by atoms with van der Waals surface area (Å²) < 4.78 is 1.87. The number of pyridine rings is 1. The van der Waals surface area contributed by atoms with Gasteiger partial charge in [-0.3, -0.25) is 19.7 Å². The summed E-state index contributed by atoms with van der Waals surface area (Å²) in [6.07, 6.45) is 5.09. The van der Waals surface area contributed by atoms with E-state index >= 15 is 0 Å². The fourth-order valence-corrected chi connectivity index (χ4v) is 3.04. The monoisotopic (exact) mass is 388 g/mol. The molecule has 0 aliphatic heterocycles. The molecule has 0 bridgehead atoms. The third kappa shape index (κ3) is 5.92. The third-order valence-electron chi connectivity index (χ3n) is 3.34. The topological polar surface area (TPSA) is 102 Å². The first-order valence-corrected chi connectivity index (χ1v) is 9.33. The van der Waals surface area contributed by atoms with Crippen LogP contribution in [-0.2, 0) is 11.3 Å². The maximum atomic E-state index is 12.3.